The zero-order chi connectivity index (χ0) is 9.68. The molecule has 2 N–H and O–H groups in total. The number of allylic oxidation sites excluding steroid dienone is 1. The number of carbonyl (C=O) groups excluding carboxylic acids is 1. The molecule has 0 saturated heterocycles. The van der Waals surface area contributed by atoms with E-state index in [2.05, 4.69) is 10.1 Å². The number of dihydropyridines is 1. The van der Waals surface area contributed by atoms with Crippen molar-refractivity contribution in [1.29, 1.82) is 0 Å². The monoisotopic (exact) mass is 181 g/mol. The molecule has 1 unspecified atom stereocenters. The molecule has 0 aliphatic carbocycles. The van der Waals surface area contributed by atoms with Crippen molar-refractivity contribution in [1.82, 2.24) is 0 Å². The minimum atomic E-state index is -0.560. The molecule has 1 atom stereocenters. The molecule has 0 saturated carbocycles. The lowest BCUT2D eigenvalue weighted by Crippen LogP contribution is -2.25. The molecule has 5 nitrogen and oxygen atoms in total. The SMILES string of the molecule is CCOC(=O)C1C=CC=N/C1=N/N. The molecular formula is C8H11N3O2. The topological polar surface area (TPSA) is 77.0 Å². The van der Waals surface area contributed by atoms with Crippen LogP contribution in [0.5, 0.6) is 0 Å². The molecule has 0 amide bonds. The third-order valence-corrected chi connectivity index (χ3v) is 1.55. The summed E-state index contributed by atoms with van der Waals surface area (Å²) in [6.07, 6.45) is 4.84. The molecule has 1 rings (SSSR count). The fraction of sp³-hybridized carbons (Fsp3) is 0.375. The number of rotatable bonds is 2. The number of esters is 1. The minimum Gasteiger partial charge on any atom is -0.465 e. The summed E-state index contributed by atoms with van der Waals surface area (Å²) in [6.45, 7) is 2.08. The number of nitrogens with zero attached hydrogens (tertiary/aromatic N) is 2. The number of hydrogen-bond acceptors (Lipinski definition) is 4. The van der Waals surface area contributed by atoms with E-state index in [1.165, 1.54) is 6.21 Å². The maximum absolute atomic E-state index is 11.3. The highest BCUT2D eigenvalue weighted by Crippen LogP contribution is 2.09. The fourth-order valence-corrected chi connectivity index (χ4v) is 0.976. The van der Waals surface area contributed by atoms with E-state index in [1.54, 1.807) is 19.1 Å². The van der Waals surface area contributed by atoms with Crippen LogP contribution in [0, 0.1) is 5.92 Å². The van der Waals surface area contributed by atoms with Gasteiger partial charge in [0.25, 0.3) is 0 Å². The molecule has 0 aromatic rings. The van der Waals surface area contributed by atoms with Crippen molar-refractivity contribution in [2.24, 2.45) is 21.9 Å². The van der Waals surface area contributed by atoms with Crippen molar-refractivity contribution >= 4 is 18.0 Å². The van der Waals surface area contributed by atoms with Crippen molar-refractivity contribution in [3.63, 3.8) is 0 Å². The lowest BCUT2D eigenvalue weighted by atomic mass is 10.1. The Morgan fingerprint density at radius 2 is 2.62 bits per heavy atom. The summed E-state index contributed by atoms with van der Waals surface area (Å²) in [7, 11) is 0. The van der Waals surface area contributed by atoms with Gasteiger partial charge < -0.3 is 10.6 Å². The van der Waals surface area contributed by atoms with Crippen molar-refractivity contribution in [2.45, 2.75) is 6.92 Å². The van der Waals surface area contributed by atoms with Gasteiger partial charge in [-0.05, 0) is 13.0 Å². The van der Waals surface area contributed by atoms with Crippen molar-refractivity contribution in [2.75, 3.05) is 6.61 Å². The molecule has 0 aromatic carbocycles. The first-order valence-corrected chi connectivity index (χ1v) is 3.94. The molecule has 1 heterocycles. The second-order valence-electron chi connectivity index (χ2n) is 2.38. The van der Waals surface area contributed by atoms with E-state index < -0.39 is 5.92 Å². The van der Waals surface area contributed by atoms with Crippen LogP contribution >= 0.6 is 0 Å². The molecule has 1 aliphatic rings. The average Bonchev–Trinajstić information content (AvgIpc) is 2.18. The fourth-order valence-electron chi connectivity index (χ4n) is 0.976. The van der Waals surface area contributed by atoms with Gasteiger partial charge in [0.05, 0.1) is 6.61 Å². The van der Waals surface area contributed by atoms with E-state index >= 15 is 0 Å². The average molecular weight is 181 g/mol. The van der Waals surface area contributed by atoms with Crippen LogP contribution in [0.4, 0.5) is 0 Å². The van der Waals surface area contributed by atoms with Gasteiger partial charge in [0.15, 0.2) is 5.84 Å². The van der Waals surface area contributed by atoms with E-state index in [-0.39, 0.29) is 11.8 Å². The Balaban J connectivity index is 2.73. The van der Waals surface area contributed by atoms with Gasteiger partial charge in [-0.25, -0.2) is 4.99 Å². The summed E-state index contributed by atoms with van der Waals surface area (Å²) in [5.74, 6) is 4.40. The smallest absolute Gasteiger partial charge is 0.320 e. The second-order valence-corrected chi connectivity index (χ2v) is 2.38. The van der Waals surface area contributed by atoms with Gasteiger partial charge in [0.2, 0.25) is 0 Å². The van der Waals surface area contributed by atoms with Crippen LogP contribution < -0.4 is 5.84 Å². The molecule has 0 bridgehead atoms. The number of aliphatic imine (C=N–C) groups is 1. The van der Waals surface area contributed by atoms with E-state index in [0.29, 0.717) is 6.61 Å². The van der Waals surface area contributed by atoms with E-state index in [0.717, 1.165) is 0 Å². The van der Waals surface area contributed by atoms with E-state index in [1.807, 2.05) is 0 Å². The normalized spacial score (nSPS) is 23.5. The van der Waals surface area contributed by atoms with Crippen LogP contribution in [0.3, 0.4) is 0 Å². The van der Waals surface area contributed by atoms with Crippen LogP contribution in [0.2, 0.25) is 0 Å². The summed E-state index contributed by atoms with van der Waals surface area (Å²) in [6, 6.07) is 0. The van der Waals surface area contributed by atoms with Crippen LogP contribution in [0.1, 0.15) is 6.92 Å². The summed E-state index contributed by atoms with van der Waals surface area (Å²) >= 11 is 0. The van der Waals surface area contributed by atoms with Crippen LogP contribution in [-0.2, 0) is 9.53 Å². The minimum absolute atomic E-state index is 0.279. The van der Waals surface area contributed by atoms with E-state index in [9.17, 15) is 4.79 Å². The van der Waals surface area contributed by atoms with Gasteiger partial charge >= 0.3 is 5.97 Å². The number of ether oxygens (including phenoxy) is 1. The van der Waals surface area contributed by atoms with Crippen LogP contribution in [0.25, 0.3) is 0 Å². The molecule has 1 aliphatic heterocycles. The van der Waals surface area contributed by atoms with Crippen molar-refractivity contribution < 1.29 is 9.53 Å². The summed E-state index contributed by atoms with van der Waals surface area (Å²) < 4.78 is 4.81. The Kier molecular flexibility index (Phi) is 3.19. The Morgan fingerprint density at radius 1 is 1.85 bits per heavy atom. The Labute approximate surface area is 76.0 Å². The predicted octanol–water partition coefficient (Wildman–Crippen LogP) is 0.0785. The van der Waals surface area contributed by atoms with Gasteiger partial charge in [-0.15, -0.1) is 0 Å². The molecule has 0 radical (unpaired) electrons. The highest BCUT2D eigenvalue weighted by molar-refractivity contribution is 6.08. The number of carbonyl (C=O) groups is 1. The number of amidine groups is 1. The van der Waals surface area contributed by atoms with Crippen LogP contribution in [0.15, 0.2) is 22.2 Å². The zero-order valence-corrected chi connectivity index (χ0v) is 7.30. The first kappa shape index (κ1) is 9.44. The largest absolute Gasteiger partial charge is 0.465 e. The highest BCUT2D eigenvalue weighted by Gasteiger charge is 2.23. The lowest BCUT2D eigenvalue weighted by Gasteiger charge is -2.11. The standard InChI is InChI=1S/C8H11N3O2/c1-2-13-8(12)6-4-3-5-10-7(6)11-9/h3-6H,2,9H2,1H3/b11-7+. The van der Waals surface area contributed by atoms with Gasteiger partial charge in [-0.2, -0.15) is 5.10 Å². The number of nitrogens with two attached hydrogens (primary N) is 1. The number of hydrazone groups is 1. The summed E-state index contributed by atoms with van der Waals surface area (Å²) in [5, 5.41) is 3.40. The number of hydrogen-bond donors (Lipinski definition) is 1. The maximum Gasteiger partial charge on any atom is 0.320 e. The molecular weight excluding hydrogens is 170 g/mol. The molecule has 0 fully saturated rings. The Hall–Kier alpha value is -1.65. The van der Waals surface area contributed by atoms with Crippen molar-refractivity contribution in [3.05, 3.63) is 12.2 Å². The first-order valence-electron chi connectivity index (χ1n) is 3.94. The Bertz CT molecular complexity index is 281. The summed E-state index contributed by atoms with van der Waals surface area (Å²) in [5.41, 5.74) is 0. The van der Waals surface area contributed by atoms with Gasteiger partial charge in [0.1, 0.15) is 5.92 Å². The zero-order valence-electron chi connectivity index (χ0n) is 7.30. The first-order chi connectivity index (χ1) is 6.29. The molecule has 0 spiro atoms. The van der Waals surface area contributed by atoms with E-state index in [4.69, 9.17) is 10.6 Å². The third-order valence-electron chi connectivity index (χ3n) is 1.55. The van der Waals surface area contributed by atoms with Gasteiger partial charge in [-0.1, -0.05) is 6.08 Å². The molecule has 13 heavy (non-hydrogen) atoms. The predicted molar refractivity (Wildman–Crippen MR) is 49.4 cm³/mol. The Morgan fingerprint density at radius 3 is 3.23 bits per heavy atom. The van der Waals surface area contributed by atoms with Gasteiger partial charge in [-0.3, -0.25) is 4.79 Å². The maximum atomic E-state index is 11.3. The third kappa shape index (κ3) is 2.14. The van der Waals surface area contributed by atoms with Crippen LogP contribution in [-0.4, -0.2) is 24.6 Å². The summed E-state index contributed by atoms with van der Waals surface area (Å²) in [4.78, 5) is 15.1. The lowest BCUT2D eigenvalue weighted by molar-refractivity contribution is -0.144. The molecule has 70 valence electrons. The quantitative estimate of drug-likeness (QED) is 0.372. The highest BCUT2D eigenvalue weighted by atomic mass is 16.5. The molecule has 5 heteroatoms. The molecule has 0 aromatic heterocycles. The second kappa shape index (κ2) is 4.39. The van der Waals surface area contributed by atoms with Gasteiger partial charge in [0, 0.05) is 6.21 Å². The van der Waals surface area contributed by atoms with Crippen molar-refractivity contribution in [3.8, 4) is 0 Å².